The summed E-state index contributed by atoms with van der Waals surface area (Å²) in [5.74, 6) is 0.436. The average Bonchev–Trinajstić information content (AvgIpc) is 3.14. The van der Waals surface area contributed by atoms with Crippen LogP contribution in [0.25, 0.3) is 5.69 Å². The molecule has 3 rings (SSSR count). The number of anilines is 1. The first-order valence-corrected chi connectivity index (χ1v) is 9.79. The highest BCUT2D eigenvalue weighted by molar-refractivity contribution is 7.98. The van der Waals surface area contributed by atoms with E-state index < -0.39 is 0 Å². The number of ether oxygens (including phenoxy) is 2. The number of thioether (sulfide) groups is 1. The summed E-state index contributed by atoms with van der Waals surface area (Å²) in [6, 6.07) is 11.1. The quantitative estimate of drug-likeness (QED) is 0.595. The highest BCUT2D eigenvalue weighted by Gasteiger charge is 2.18. The van der Waals surface area contributed by atoms with E-state index in [-0.39, 0.29) is 11.7 Å². The van der Waals surface area contributed by atoms with E-state index in [4.69, 9.17) is 9.47 Å². The van der Waals surface area contributed by atoms with Crippen molar-refractivity contribution in [3.8, 4) is 17.2 Å². The van der Waals surface area contributed by atoms with Crippen molar-refractivity contribution in [3.63, 3.8) is 0 Å². The molecule has 28 heavy (non-hydrogen) atoms. The number of imidazole rings is 1. The number of carbonyl (C=O) groups is 1. The van der Waals surface area contributed by atoms with Crippen molar-refractivity contribution < 1.29 is 18.7 Å². The van der Waals surface area contributed by atoms with E-state index in [1.165, 1.54) is 37.2 Å². The molecule has 6 nitrogen and oxygen atoms in total. The molecule has 0 bridgehead atoms. The second-order valence-electron chi connectivity index (χ2n) is 5.69. The molecule has 0 aliphatic carbocycles. The highest BCUT2D eigenvalue weighted by Crippen LogP contribution is 2.30. The Kier molecular flexibility index (Phi) is 6.20. The van der Waals surface area contributed by atoms with Crippen molar-refractivity contribution in [2.45, 2.75) is 12.1 Å². The zero-order valence-electron chi connectivity index (χ0n) is 15.7. The molecule has 1 amide bonds. The molecular formula is C20H20FN3O3S. The van der Waals surface area contributed by atoms with E-state index in [1.54, 1.807) is 34.9 Å². The van der Waals surface area contributed by atoms with Crippen molar-refractivity contribution in [3.05, 3.63) is 60.2 Å². The Labute approximate surface area is 166 Å². The van der Waals surface area contributed by atoms with Crippen LogP contribution in [-0.2, 0) is 0 Å². The lowest BCUT2D eigenvalue weighted by atomic mass is 10.2. The largest absolute Gasteiger partial charge is 0.493 e. The summed E-state index contributed by atoms with van der Waals surface area (Å²) in [6.07, 6.45) is 3.36. The van der Waals surface area contributed by atoms with Gasteiger partial charge in [0.1, 0.15) is 11.5 Å². The maximum atomic E-state index is 13.3. The van der Waals surface area contributed by atoms with Crippen LogP contribution in [0.5, 0.6) is 11.5 Å². The average molecular weight is 401 g/mol. The molecule has 0 aliphatic heterocycles. The molecule has 8 heteroatoms. The van der Waals surface area contributed by atoms with Crippen molar-refractivity contribution in [2.24, 2.45) is 0 Å². The summed E-state index contributed by atoms with van der Waals surface area (Å²) in [5.41, 5.74) is 1.55. The minimum atomic E-state index is -0.345. The van der Waals surface area contributed by atoms with Crippen LogP contribution < -0.4 is 14.8 Å². The third-order valence-corrected chi connectivity index (χ3v) is 4.60. The number of carbonyl (C=O) groups excluding carboxylic acids is 1. The molecule has 0 fully saturated rings. The molecular weight excluding hydrogens is 381 g/mol. The summed E-state index contributed by atoms with van der Waals surface area (Å²) < 4.78 is 25.8. The number of rotatable bonds is 7. The Balaban J connectivity index is 1.91. The van der Waals surface area contributed by atoms with Gasteiger partial charge in [-0.3, -0.25) is 9.36 Å². The lowest BCUT2D eigenvalue weighted by Gasteiger charge is -2.13. The predicted molar refractivity (Wildman–Crippen MR) is 107 cm³/mol. The van der Waals surface area contributed by atoms with Crippen molar-refractivity contribution in [2.75, 3.05) is 25.3 Å². The Hall–Kier alpha value is -3.00. The van der Waals surface area contributed by atoms with Gasteiger partial charge in [0, 0.05) is 17.4 Å². The molecule has 3 aromatic rings. The van der Waals surface area contributed by atoms with E-state index in [2.05, 4.69) is 10.3 Å². The second kappa shape index (κ2) is 8.79. The normalized spacial score (nSPS) is 10.6. The first-order chi connectivity index (χ1) is 13.6. The van der Waals surface area contributed by atoms with Gasteiger partial charge >= 0.3 is 0 Å². The molecule has 0 spiro atoms. The number of nitrogens with zero attached hydrogens (tertiary/aromatic N) is 2. The smallest absolute Gasteiger partial charge is 0.274 e. The Morgan fingerprint density at radius 2 is 1.96 bits per heavy atom. The van der Waals surface area contributed by atoms with E-state index in [1.807, 2.05) is 13.2 Å². The van der Waals surface area contributed by atoms with Crippen molar-refractivity contribution in [1.29, 1.82) is 0 Å². The molecule has 2 aromatic carbocycles. The minimum absolute atomic E-state index is 0.337. The third kappa shape index (κ3) is 4.12. The van der Waals surface area contributed by atoms with Crippen molar-refractivity contribution in [1.82, 2.24) is 9.55 Å². The number of halogens is 1. The minimum Gasteiger partial charge on any atom is -0.493 e. The van der Waals surface area contributed by atoms with Crippen LogP contribution in [0.3, 0.4) is 0 Å². The van der Waals surface area contributed by atoms with Crippen molar-refractivity contribution >= 4 is 23.4 Å². The molecule has 0 saturated carbocycles. The van der Waals surface area contributed by atoms with Crippen LogP contribution in [-0.4, -0.2) is 35.4 Å². The topological polar surface area (TPSA) is 65.4 Å². The van der Waals surface area contributed by atoms with Gasteiger partial charge in [0.25, 0.3) is 5.91 Å². The number of aromatic nitrogens is 2. The van der Waals surface area contributed by atoms with E-state index in [0.29, 0.717) is 40.3 Å². The summed E-state index contributed by atoms with van der Waals surface area (Å²) in [6.45, 7) is 2.39. The molecule has 1 N–H and O–H groups in total. The predicted octanol–water partition coefficient (Wildman–Crippen LogP) is 4.39. The number of methoxy groups -OCH3 is 1. The number of benzene rings is 2. The molecule has 146 valence electrons. The van der Waals surface area contributed by atoms with Crippen LogP contribution in [0, 0.1) is 5.82 Å². The van der Waals surface area contributed by atoms with Gasteiger partial charge in [-0.2, -0.15) is 0 Å². The van der Waals surface area contributed by atoms with Gasteiger partial charge in [0.05, 0.1) is 19.9 Å². The van der Waals surface area contributed by atoms with Crippen LogP contribution in [0.4, 0.5) is 10.1 Å². The van der Waals surface area contributed by atoms with Gasteiger partial charge in [-0.25, -0.2) is 9.37 Å². The van der Waals surface area contributed by atoms with Gasteiger partial charge in [0.15, 0.2) is 16.7 Å². The van der Waals surface area contributed by atoms with Gasteiger partial charge in [-0.05, 0) is 49.6 Å². The molecule has 1 heterocycles. The van der Waals surface area contributed by atoms with Gasteiger partial charge in [-0.15, -0.1) is 0 Å². The Morgan fingerprint density at radius 1 is 1.21 bits per heavy atom. The number of hydrogen-bond acceptors (Lipinski definition) is 5. The van der Waals surface area contributed by atoms with Crippen LogP contribution in [0.1, 0.15) is 17.4 Å². The summed E-state index contributed by atoms with van der Waals surface area (Å²) in [5, 5.41) is 3.47. The van der Waals surface area contributed by atoms with Gasteiger partial charge in [-0.1, -0.05) is 11.8 Å². The standard InChI is InChI=1S/C20H20FN3O3S/c1-4-27-17-10-7-14(11-18(17)26-2)23-19(25)16-12-22-20(28-3)24(16)15-8-5-13(21)6-9-15/h5-12H,4H2,1-3H3,(H,23,25). The van der Waals surface area contributed by atoms with Crippen LogP contribution in [0.15, 0.2) is 53.8 Å². The fraction of sp³-hybridized carbons (Fsp3) is 0.200. The lowest BCUT2D eigenvalue weighted by molar-refractivity contribution is 0.102. The zero-order chi connectivity index (χ0) is 20.1. The molecule has 0 saturated heterocycles. The highest BCUT2D eigenvalue weighted by atomic mass is 32.2. The zero-order valence-corrected chi connectivity index (χ0v) is 16.5. The first kappa shape index (κ1) is 19.8. The summed E-state index contributed by atoms with van der Waals surface area (Å²) >= 11 is 1.39. The van der Waals surface area contributed by atoms with Gasteiger partial charge < -0.3 is 14.8 Å². The van der Waals surface area contributed by atoms with E-state index >= 15 is 0 Å². The third-order valence-electron chi connectivity index (χ3n) is 3.95. The fourth-order valence-corrected chi connectivity index (χ4v) is 3.24. The second-order valence-corrected chi connectivity index (χ2v) is 6.47. The first-order valence-electron chi connectivity index (χ1n) is 8.57. The van der Waals surface area contributed by atoms with Gasteiger partial charge in [0.2, 0.25) is 0 Å². The summed E-state index contributed by atoms with van der Waals surface area (Å²) in [7, 11) is 1.54. The maximum absolute atomic E-state index is 13.3. The van der Waals surface area contributed by atoms with Crippen LogP contribution >= 0.6 is 11.8 Å². The molecule has 0 aliphatic rings. The lowest BCUT2D eigenvalue weighted by Crippen LogP contribution is -2.16. The molecule has 1 aromatic heterocycles. The Morgan fingerprint density at radius 3 is 2.61 bits per heavy atom. The van der Waals surface area contributed by atoms with Crippen LogP contribution in [0.2, 0.25) is 0 Å². The Bertz CT molecular complexity index is 973. The van der Waals surface area contributed by atoms with E-state index in [9.17, 15) is 9.18 Å². The molecule has 0 unspecified atom stereocenters. The monoisotopic (exact) mass is 401 g/mol. The number of hydrogen-bond donors (Lipinski definition) is 1. The van der Waals surface area contributed by atoms with E-state index in [0.717, 1.165) is 0 Å². The molecule has 0 atom stereocenters. The fourth-order valence-electron chi connectivity index (χ4n) is 2.69. The SMILES string of the molecule is CCOc1ccc(NC(=O)c2cnc(SC)n2-c2ccc(F)cc2)cc1OC. The summed E-state index contributed by atoms with van der Waals surface area (Å²) in [4.78, 5) is 17.2. The maximum Gasteiger partial charge on any atom is 0.274 e. The number of amides is 1. The molecule has 0 radical (unpaired) electrons. The number of nitrogens with one attached hydrogen (secondary N) is 1.